The first-order valence-corrected chi connectivity index (χ1v) is 7.59. The Bertz CT molecular complexity index is 722. The van der Waals surface area contributed by atoms with Gasteiger partial charge < -0.3 is 10.1 Å². The Hall–Kier alpha value is -2.21. The molecule has 2 heterocycles. The van der Waals surface area contributed by atoms with Crippen molar-refractivity contribution in [2.24, 2.45) is 7.05 Å². The maximum absolute atomic E-state index is 13.0. The summed E-state index contributed by atoms with van der Waals surface area (Å²) in [6.07, 6.45) is 0.774. The number of hydrogen-bond acceptors (Lipinski definition) is 3. The molecule has 1 saturated heterocycles. The van der Waals surface area contributed by atoms with E-state index < -0.39 is 0 Å². The maximum atomic E-state index is 13.0. The molecule has 1 amide bonds. The van der Waals surface area contributed by atoms with Crippen LogP contribution in [0, 0.1) is 5.82 Å². The molecule has 1 aromatic heterocycles. The summed E-state index contributed by atoms with van der Waals surface area (Å²) in [5, 5.41) is 7.21. The molecule has 1 unspecified atom stereocenters. The molecule has 23 heavy (non-hydrogen) atoms. The fraction of sp³-hybridized carbons (Fsp3) is 0.412. The highest BCUT2D eigenvalue weighted by Crippen LogP contribution is 2.25. The molecule has 0 saturated carbocycles. The summed E-state index contributed by atoms with van der Waals surface area (Å²) in [4.78, 5) is 12.4. The van der Waals surface area contributed by atoms with Crippen LogP contribution in [0.4, 0.5) is 4.39 Å². The van der Waals surface area contributed by atoms with Crippen LogP contribution in [0.15, 0.2) is 30.3 Å². The van der Waals surface area contributed by atoms with Gasteiger partial charge in [-0.25, -0.2) is 4.39 Å². The number of hydrogen-bond donors (Lipinski definition) is 1. The number of carbonyl (C=O) groups is 1. The third-order valence-corrected chi connectivity index (χ3v) is 4.00. The van der Waals surface area contributed by atoms with Crippen LogP contribution >= 0.6 is 0 Å². The summed E-state index contributed by atoms with van der Waals surface area (Å²) in [6, 6.07) is 7.82. The molecule has 5 nitrogen and oxygen atoms in total. The molecule has 1 aliphatic rings. The zero-order valence-corrected chi connectivity index (χ0v) is 13.5. The quantitative estimate of drug-likeness (QED) is 0.946. The van der Waals surface area contributed by atoms with Gasteiger partial charge in [-0.05, 0) is 56.2 Å². The smallest absolute Gasteiger partial charge is 0.272 e. The van der Waals surface area contributed by atoms with Gasteiger partial charge in [0.05, 0.1) is 23.9 Å². The van der Waals surface area contributed by atoms with Crippen LogP contribution in [0.1, 0.15) is 30.8 Å². The topological polar surface area (TPSA) is 56.2 Å². The van der Waals surface area contributed by atoms with E-state index in [1.807, 2.05) is 13.8 Å². The lowest BCUT2D eigenvalue weighted by Crippen LogP contribution is -2.36. The number of nitrogens with one attached hydrogen (secondary N) is 1. The number of ether oxygens (including phenoxy) is 1. The van der Waals surface area contributed by atoms with Crippen molar-refractivity contribution in [3.8, 4) is 11.3 Å². The summed E-state index contributed by atoms with van der Waals surface area (Å²) in [5.41, 5.74) is 1.71. The highest BCUT2D eigenvalue weighted by Gasteiger charge is 2.33. The Labute approximate surface area is 134 Å². The van der Waals surface area contributed by atoms with E-state index in [0.29, 0.717) is 12.3 Å². The summed E-state index contributed by atoms with van der Waals surface area (Å²) in [7, 11) is 1.76. The molecule has 1 aliphatic heterocycles. The van der Waals surface area contributed by atoms with Crippen LogP contribution in [0.3, 0.4) is 0 Å². The Morgan fingerprint density at radius 1 is 1.39 bits per heavy atom. The molecule has 3 rings (SSSR count). The lowest BCUT2D eigenvalue weighted by atomic mass is 10.0. The van der Waals surface area contributed by atoms with E-state index in [1.165, 1.54) is 12.1 Å². The minimum Gasteiger partial charge on any atom is -0.373 e. The number of benzene rings is 1. The molecule has 1 aromatic carbocycles. The largest absolute Gasteiger partial charge is 0.373 e. The molecular formula is C17H20FN3O2. The summed E-state index contributed by atoms with van der Waals surface area (Å²) >= 11 is 0. The second-order valence-electron chi connectivity index (χ2n) is 6.49. The van der Waals surface area contributed by atoms with Crippen molar-refractivity contribution < 1.29 is 13.9 Å². The second kappa shape index (κ2) is 5.77. The zero-order valence-electron chi connectivity index (χ0n) is 13.5. The van der Waals surface area contributed by atoms with Crippen molar-refractivity contribution in [1.82, 2.24) is 15.1 Å². The van der Waals surface area contributed by atoms with E-state index in [4.69, 9.17) is 4.74 Å². The highest BCUT2D eigenvalue weighted by molar-refractivity contribution is 5.93. The first-order chi connectivity index (χ1) is 10.8. The van der Waals surface area contributed by atoms with Crippen LogP contribution in [0.5, 0.6) is 0 Å². The number of halogens is 1. The Morgan fingerprint density at radius 3 is 2.70 bits per heavy atom. The first-order valence-electron chi connectivity index (χ1n) is 7.59. The number of nitrogens with zero attached hydrogens (tertiary/aromatic N) is 2. The first kappa shape index (κ1) is 15.7. The van der Waals surface area contributed by atoms with Gasteiger partial charge in [0.2, 0.25) is 0 Å². The predicted molar refractivity (Wildman–Crippen MR) is 84.5 cm³/mol. The summed E-state index contributed by atoms with van der Waals surface area (Å²) < 4.78 is 20.3. The van der Waals surface area contributed by atoms with Crippen LogP contribution in [0.2, 0.25) is 0 Å². The Kier molecular flexibility index (Phi) is 3.93. The molecule has 1 atom stereocenters. The van der Waals surface area contributed by atoms with Crippen molar-refractivity contribution in [2.45, 2.75) is 31.9 Å². The minimum atomic E-state index is -0.294. The average Bonchev–Trinajstić information content (AvgIpc) is 3.03. The number of rotatable bonds is 3. The predicted octanol–water partition coefficient (Wildman–Crippen LogP) is 2.52. The molecule has 0 radical (unpaired) electrons. The third kappa shape index (κ3) is 3.42. The second-order valence-corrected chi connectivity index (χ2v) is 6.49. The van der Waals surface area contributed by atoms with Crippen LogP contribution in [-0.4, -0.2) is 33.9 Å². The standard InChI is InChI=1S/C17H20FN3O2/c1-17(2)9-13(10-23-17)19-16(22)14-8-15(21(3)20-14)11-4-6-12(18)7-5-11/h4-8,13H,9-10H2,1-3H3,(H,19,22). The van der Waals surface area contributed by atoms with E-state index >= 15 is 0 Å². The van der Waals surface area contributed by atoms with Gasteiger partial charge in [0, 0.05) is 7.05 Å². The number of aromatic nitrogens is 2. The molecule has 0 spiro atoms. The van der Waals surface area contributed by atoms with Crippen molar-refractivity contribution in [2.75, 3.05) is 6.61 Å². The van der Waals surface area contributed by atoms with Crippen LogP contribution in [0.25, 0.3) is 11.3 Å². The molecule has 1 N–H and O–H groups in total. The number of carbonyl (C=O) groups excluding carboxylic acids is 1. The van der Waals surface area contributed by atoms with E-state index in [0.717, 1.165) is 17.7 Å². The van der Waals surface area contributed by atoms with Crippen molar-refractivity contribution >= 4 is 5.91 Å². The van der Waals surface area contributed by atoms with Gasteiger partial charge in [-0.15, -0.1) is 0 Å². The van der Waals surface area contributed by atoms with Crippen molar-refractivity contribution in [1.29, 1.82) is 0 Å². The molecule has 2 aromatic rings. The van der Waals surface area contributed by atoms with Gasteiger partial charge in [-0.1, -0.05) is 0 Å². The number of aryl methyl sites for hydroxylation is 1. The Balaban J connectivity index is 1.75. The average molecular weight is 317 g/mol. The summed E-state index contributed by atoms with van der Waals surface area (Å²) in [5.74, 6) is -0.516. The van der Waals surface area contributed by atoms with Gasteiger partial charge in [0.1, 0.15) is 5.82 Å². The molecule has 6 heteroatoms. The third-order valence-electron chi connectivity index (χ3n) is 4.00. The molecule has 1 fully saturated rings. The van der Waals surface area contributed by atoms with Gasteiger partial charge >= 0.3 is 0 Å². The fourth-order valence-electron chi connectivity index (χ4n) is 2.86. The SMILES string of the molecule is Cn1nc(C(=O)NC2COC(C)(C)C2)cc1-c1ccc(F)cc1. The molecule has 0 aliphatic carbocycles. The lowest BCUT2D eigenvalue weighted by Gasteiger charge is -2.15. The van der Waals surface area contributed by atoms with Crippen molar-refractivity contribution in [3.05, 3.63) is 41.8 Å². The van der Waals surface area contributed by atoms with Gasteiger partial charge in [-0.2, -0.15) is 5.10 Å². The van der Waals surface area contributed by atoms with Crippen molar-refractivity contribution in [3.63, 3.8) is 0 Å². The highest BCUT2D eigenvalue weighted by atomic mass is 19.1. The fourth-order valence-corrected chi connectivity index (χ4v) is 2.86. The summed E-state index contributed by atoms with van der Waals surface area (Å²) in [6.45, 7) is 4.52. The van der Waals surface area contributed by atoms with Crippen LogP contribution in [-0.2, 0) is 11.8 Å². The minimum absolute atomic E-state index is 0.00576. The van der Waals surface area contributed by atoms with E-state index in [9.17, 15) is 9.18 Å². The van der Waals surface area contributed by atoms with E-state index in [-0.39, 0.29) is 23.4 Å². The monoisotopic (exact) mass is 317 g/mol. The van der Waals surface area contributed by atoms with Gasteiger partial charge in [-0.3, -0.25) is 9.48 Å². The molecular weight excluding hydrogens is 297 g/mol. The number of amides is 1. The zero-order chi connectivity index (χ0) is 16.6. The normalized spacial score (nSPS) is 19.7. The maximum Gasteiger partial charge on any atom is 0.272 e. The van der Waals surface area contributed by atoms with E-state index in [1.54, 1.807) is 29.9 Å². The van der Waals surface area contributed by atoms with E-state index in [2.05, 4.69) is 10.4 Å². The van der Waals surface area contributed by atoms with Gasteiger partial charge in [0.15, 0.2) is 5.69 Å². The molecule has 122 valence electrons. The van der Waals surface area contributed by atoms with Gasteiger partial charge in [0.25, 0.3) is 5.91 Å². The Morgan fingerprint density at radius 2 is 2.09 bits per heavy atom. The molecule has 0 bridgehead atoms. The lowest BCUT2D eigenvalue weighted by molar-refractivity contribution is 0.0355. The van der Waals surface area contributed by atoms with Crippen LogP contribution < -0.4 is 5.32 Å².